The SMILES string of the molecule is CCOC(=O)c1ccccc1NC(=O)c1cc(NC2CCCCC2)ccn1. The predicted octanol–water partition coefficient (Wildman–Crippen LogP) is 4.26. The summed E-state index contributed by atoms with van der Waals surface area (Å²) in [6.45, 7) is 2.02. The number of carbonyl (C=O) groups excluding carboxylic acids is 2. The molecule has 0 atom stereocenters. The Morgan fingerprint density at radius 1 is 1.15 bits per heavy atom. The minimum atomic E-state index is -0.464. The molecule has 1 fully saturated rings. The molecule has 142 valence electrons. The molecule has 1 aliphatic carbocycles. The van der Waals surface area contributed by atoms with Gasteiger partial charge in [-0.2, -0.15) is 0 Å². The first kappa shape index (κ1) is 18.9. The molecule has 0 saturated heterocycles. The zero-order valence-electron chi connectivity index (χ0n) is 15.5. The smallest absolute Gasteiger partial charge is 0.340 e. The second kappa shape index (κ2) is 9.16. The molecule has 0 aliphatic heterocycles. The zero-order valence-corrected chi connectivity index (χ0v) is 15.5. The molecule has 1 heterocycles. The average molecular weight is 367 g/mol. The number of ether oxygens (including phenoxy) is 1. The van der Waals surface area contributed by atoms with Crippen LogP contribution in [0.5, 0.6) is 0 Å². The van der Waals surface area contributed by atoms with Crippen LogP contribution in [-0.4, -0.2) is 29.5 Å². The Morgan fingerprint density at radius 3 is 2.70 bits per heavy atom. The first-order valence-electron chi connectivity index (χ1n) is 9.47. The maximum atomic E-state index is 12.6. The van der Waals surface area contributed by atoms with Gasteiger partial charge < -0.3 is 15.4 Å². The van der Waals surface area contributed by atoms with Crippen LogP contribution in [0.25, 0.3) is 0 Å². The summed E-state index contributed by atoms with van der Waals surface area (Å²) in [7, 11) is 0. The number of esters is 1. The van der Waals surface area contributed by atoms with Gasteiger partial charge in [0.1, 0.15) is 5.69 Å². The van der Waals surface area contributed by atoms with Crippen molar-refractivity contribution < 1.29 is 14.3 Å². The molecule has 0 spiro atoms. The number of nitrogens with one attached hydrogen (secondary N) is 2. The summed E-state index contributed by atoms with van der Waals surface area (Å²) in [5.41, 5.74) is 1.92. The highest BCUT2D eigenvalue weighted by molar-refractivity contribution is 6.07. The molecule has 0 radical (unpaired) electrons. The minimum Gasteiger partial charge on any atom is -0.462 e. The van der Waals surface area contributed by atoms with Crippen molar-refractivity contribution >= 4 is 23.3 Å². The van der Waals surface area contributed by atoms with Gasteiger partial charge in [0, 0.05) is 17.9 Å². The number of anilines is 2. The van der Waals surface area contributed by atoms with Crippen LogP contribution >= 0.6 is 0 Å². The van der Waals surface area contributed by atoms with E-state index in [1.807, 2.05) is 6.07 Å². The van der Waals surface area contributed by atoms with Crippen LogP contribution in [0.15, 0.2) is 42.6 Å². The summed E-state index contributed by atoms with van der Waals surface area (Å²) in [6, 6.07) is 10.9. The molecule has 1 amide bonds. The van der Waals surface area contributed by atoms with Gasteiger partial charge in [0.2, 0.25) is 0 Å². The molecule has 0 bridgehead atoms. The van der Waals surface area contributed by atoms with Crippen molar-refractivity contribution in [3.8, 4) is 0 Å². The number of nitrogens with zero attached hydrogens (tertiary/aromatic N) is 1. The third kappa shape index (κ3) is 5.06. The van der Waals surface area contributed by atoms with Gasteiger partial charge in [0.25, 0.3) is 5.91 Å². The van der Waals surface area contributed by atoms with Crippen molar-refractivity contribution in [2.75, 3.05) is 17.2 Å². The molecule has 1 saturated carbocycles. The van der Waals surface area contributed by atoms with Crippen LogP contribution in [0.3, 0.4) is 0 Å². The third-order valence-corrected chi connectivity index (χ3v) is 4.64. The fourth-order valence-electron chi connectivity index (χ4n) is 3.29. The second-order valence-corrected chi connectivity index (χ2v) is 6.63. The summed E-state index contributed by atoms with van der Waals surface area (Å²) >= 11 is 0. The maximum absolute atomic E-state index is 12.6. The number of amides is 1. The number of rotatable bonds is 6. The van der Waals surface area contributed by atoms with Crippen LogP contribution in [0.1, 0.15) is 59.9 Å². The minimum absolute atomic E-state index is 0.275. The number of benzene rings is 1. The summed E-state index contributed by atoms with van der Waals surface area (Å²) in [6.07, 6.45) is 7.69. The molecule has 2 aromatic rings. The van der Waals surface area contributed by atoms with Crippen molar-refractivity contribution in [3.63, 3.8) is 0 Å². The van der Waals surface area contributed by atoms with E-state index in [4.69, 9.17) is 4.74 Å². The first-order valence-corrected chi connectivity index (χ1v) is 9.47. The van der Waals surface area contributed by atoms with Gasteiger partial charge in [-0.25, -0.2) is 4.79 Å². The molecule has 27 heavy (non-hydrogen) atoms. The lowest BCUT2D eigenvalue weighted by atomic mass is 9.95. The third-order valence-electron chi connectivity index (χ3n) is 4.64. The monoisotopic (exact) mass is 367 g/mol. The quantitative estimate of drug-likeness (QED) is 0.746. The molecule has 2 N–H and O–H groups in total. The molecule has 6 heteroatoms. The normalized spacial score (nSPS) is 14.4. The Bertz CT molecular complexity index is 801. The zero-order chi connectivity index (χ0) is 19.1. The molecule has 0 unspecified atom stereocenters. The first-order chi connectivity index (χ1) is 13.2. The van der Waals surface area contributed by atoms with Crippen LogP contribution in [0, 0.1) is 0 Å². The molecule has 1 aliphatic rings. The Kier molecular flexibility index (Phi) is 6.41. The molecular weight excluding hydrogens is 342 g/mol. The summed E-state index contributed by atoms with van der Waals surface area (Å²) in [4.78, 5) is 28.9. The fraction of sp³-hybridized carbons (Fsp3) is 0.381. The second-order valence-electron chi connectivity index (χ2n) is 6.63. The molecule has 6 nitrogen and oxygen atoms in total. The molecule has 1 aromatic heterocycles. The number of hydrogen-bond acceptors (Lipinski definition) is 5. The van der Waals surface area contributed by atoms with E-state index in [1.165, 1.54) is 19.3 Å². The van der Waals surface area contributed by atoms with Crippen molar-refractivity contribution in [2.45, 2.75) is 45.1 Å². The van der Waals surface area contributed by atoms with E-state index < -0.39 is 5.97 Å². The molecule has 3 rings (SSSR count). The van der Waals surface area contributed by atoms with Crippen LogP contribution in [0.2, 0.25) is 0 Å². The Labute approximate surface area is 159 Å². The lowest BCUT2D eigenvalue weighted by Crippen LogP contribution is -2.23. The summed E-state index contributed by atoms with van der Waals surface area (Å²) in [5.74, 6) is -0.826. The van der Waals surface area contributed by atoms with Crippen LogP contribution < -0.4 is 10.6 Å². The average Bonchev–Trinajstić information content (AvgIpc) is 2.69. The van der Waals surface area contributed by atoms with E-state index >= 15 is 0 Å². The lowest BCUT2D eigenvalue weighted by Gasteiger charge is -2.23. The van der Waals surface area contributed by atoms with Crippen LogP contribution in [0.4, 0.5) is 11.4 Å². The summed E-state index contributed by atoms with van der Waals surface area (Å²) in [5, 5.41) is 6.26. The van der Waals surface area contributed by atoms with Crippen molar-refractivity contribution in [3.05, 3.63) is 53.9 Å². The fourth-order valence-corrected chi connectivity index (χ4v) is 3.29. The molecule has 1 aromatic carbocycles. The standard InChI is InChI=1S/C21H25N3O3/c1-2-27-21(26)17-10-6-7-11-18(17)24-20(25)19-14-16(12-13-22-19)23-15-8-4-3-5-9-15/h6-7,10-15H,2-5,8-9H2,1H3,(H,22,23)(H,24,25). The molecular formula is C21H25N3O3. The highest BCUT2D eigenvalue weighted by Crippen LogP contribution is 2.22. The Balaban J connectivity index is 1.71. The number of hydrogen-bond donors (Lipinski definition) is 2. The predicted molar refractivity (Wildman–Crippen MR) is 105 cm³/mol. The van der Waals surface area contributed by atoms with E-state index in [-0.39, 0.29) is 12.5 Å². The lowest BCUT2D eigenvalue weighted by molar-refractivity contribution is 0.0527. The summed E-state index contributed by atoms with van der Waals surface area (Å²) < 4.78 is 5.04. The van der Waals surface area contributed by atoms with Gasteiger partial charge in [-0.15, -0.1) is 0 Å². The highest BCUT2D eigenvalue weighted by atomic mass is 16.5. The number of carbonyl (C=O) groups is 2. The van der Waals surface area contributed by atoms with Gasteiger partial charge in [-0.1, -0.05) is 31.4 Å². The van der Waals surface area contributed by atoms with Gasteiger partial charge in [0.05, 0.1) is 17.9 Å². The van der Waals surface area contributed by atoms with Crippen molar-refractivity contribution in [2.24, 2.45) is 0 Å². The van der Waals surface area contributed by atoms with E-state index in [0.717, 1.165) is 18.5 Å². The highest BCUT2D eigenvalue weighted by Gasteiger charge is 2.17. The van der Waals surface area contributed by atoms with E-state index in [1.54, 1.807) is 43.5 Å². The Morgan fingerprint density at radius 2 is 1.93 bits per heavy atom. The number of para-hydroxylation sites is 1. The largest absolute Gasteiger partial charge is 0.462 e. The van der Waals surface area contributed by atoms with Gasteiger partial charge >= 0.3 is 5.97 Å². The van der Waals surface area contributed by atoms with Crippen LogP contribution in [-0.2, 0) is 4.74 Å². The van der Waals surface area contributed by atoms with Crippen molar-refractivity contribution in [1.29, 1.82) is 0 Å². The van der Waals surface area contributed by atoms with Gasteiger partial charge in [-0.05, 0) is 44.0 Å². The Hall–Kier alpha value is -2.89. The van der Waals surface area contributed by atoms with Gasteiger partial charge in [0.15, 0.2) is 0 Å². The van der Waals surface area contributed by atoms with E-state index in [9.17, 15) is 9.59 Å². The van der Waals surface area contributed by atoms with E-state index in [2.05, 4.69) is 15.6 Å². The number of aromatic nitrogens is 1. The van der Waals surface area contributed by atoms with E-state index in [0.29, 0.717) is 23.0 Å². The maximum Gasteiger partial charge on any atom is 0.340 e. The van der Waals surface area contributed by atoms with Gasteiger partial charge in [-0.3, -0.25) is 9.78 Å². The van der Waals surface area contributed by atoms with Crippen molar-refractivity contribution in [1.82, 2.24) is 4.98 Å². The topological polar surface area (TPSA) is 80.3 Å². The number of pyridine rings is 1.